The molecule has 0 bridgehead atoms. The summed E-state index contributed by atoms with van der Waals surface area (Å²) in [5.41, 5.74) is 2.11. The second-order valence-electron chi connectivity index (χ2n) is 8.00. The van der Waals surface area contributed by atoms with Gasteiger partial charge in [0.1, 0.15) is 11.5 Å². The molecule has 8 heteroatoms. The average Bonchev–Trinajstić information content (AvgIpc) is 2.65. The molecule has 0 amide bonds. The van der Waals surface area contributed by atoms with Crippen molar-refractivity contribution in [1.29, 1.82) is 0 Å². The van der Waals surface area contributed by atoms with Gasteiger partial charge in [-0.05, 0) is 112 Å². The van der Waals surface area contributed by atoms with Crippen LogP contribution in [-0.2, 0) is 5.41 Å². The van der Waals surface area contributed by atoms with E-state index in [1.165, 1.54) is 11.1 Å². The molecular weight excluding hydrogens is 788 g/mol. The first-order chi connectivity index (χ1) is 14.4. The van der Waals surface area contributed by atoms with Crippen LogP contribution in [0.25, 0.3) is 0 Å². The van der Waals surface area contributed by atoms with Crippen molar-refractivity contribution in [2.24, 2.45) is 0 Å². The Morgan fingerprint density at radius 1 is 0.677 bits per heavy atom. The average molecular weight is 814 g/mol. The first-order valence-corrected chi connectivity index (χ1v) is 15.0. The van der Waals surface area contributed by atoms with E-state index in [1.54, 1.807) is 0 Å². The van der Waals surface area contributed by atoms with Crippen LogP contribution < -0.4 is 9.47 Å². The van der Waals surface area contributed by atoms with Crippen LogP contribution >= 0.6 is 95.6 Å². The third-order valence-corrected chi connectivity index (χ3v) is 8.24. The Morgan fingerprint density at radius 2 is 0.968 bits per heavy atom. The van der Waals surface area contributed by atoms with Gasteiger partial charge >= 0.3 is 0 Å². The number of alkyl halides is 2. The van der Waals surface area contributed by atoms with E-state index < -0.39 is 0 Å². The van der Waals surface area contributed by atoms with Crippen molar-refractivity contribution in [3.05, 3.63) is 53.3 Å². The monoisotopic (exact) mass is 808 g/mol. The van der Waals surface area contributed by atoms with Crippen molar-refractivity contribution in [1.82, 2.24) is 0 Å². The predicted octanol–water partition coefficient (Wildman–Crippen LogP) is 10.2. The summed E-state index contributed by atoms with van der Waals surface area (Å²) in [7, 11) is 0. The van der Waals surface area contributed by atoms with E-state index in [0.717, 1.165) is 42.2 Å². The van der Waals surface area contributed by atoms with Gasteiger partial charge in [0.15, 0.2) is 0 Å². The molecule has 2 aromatic carbocycles. The van der Waals surface area contributed by atoms with Gasteiger partial charge in [0.25, 0.3) is 0 Å². The summed E-state index contributed by atoms with van der Waals surface area (Å²) in [5, 5.41) is 0. The molecule has 0 heterocycles. The summed E-state index contributed by atoms with van der Waals surface area (Å²) in [5.74, 6) is 1.67. The molecule has 0 aliphatic heterocycles. The van der Waals surface area contributed by atoms with Crippen molar-refractivity contribution in [3.8, 4) is 11.5 Å². The maximum absolute atomic E-state index is 6.00. The molecule has 2 nitrogen and oxygen atoms in total. The third kappa shape index (κ3) is 7.98. The molecule has 0 aliphatic carbocycles. The molecule has 31 heavy (non-hydrogen) atoms. The maximum Gasteiger partial charge on any atom is 0.147 e. The third-order valence-electron chi connectivity index (χ3n) is 4.96. The Hall–Kier alpha value is 0.920. The van der Waals surface area contributed by atoms with Gasteiger partial charge < -0.3 is 9.47 Å². The highest BCUT2D eigenvalue weighted by Crippen LogP contribution is 2.44. The quantitative estimate of drug-likeness (QED) is 0.223. The maximum atomic E-state index is 6.00. The topological polar surface area (TPSA) is 18.5 Å². The molecule has 2 atom stereocenters. The molecule has 0 saturated carbocycles. The lowest BCUT2D eigenvalue weighted by Gasteiger charge is -2.28. The fourth-order valence-corrected chi connectivity index (χ4v) is 6.14. The van der Waals surface area contributed by atoms with Crippen molar-refractivity contribution in [3.63, 3.8) is 0 Å². The number of rotatable bonds is 10. The van der Waals surface area contributed by atoms with E-state index in [2.05, 4.69) is 148 Å². The summed E-state index contributed by atoms with van der Waals surface area (Å²) in [4.78, 5) is 0.852. The van der Waals surface area contributed by atoms with E-state index >= 15 is 0 Å². The standard InChI is InChI=1S/C23H26Br6O2/c1-13(24)5-7-30-21-17(26)9-15(10-18(21)27)23(3,4)16-11-19(28)22(20(29)12-16)31-8-6-14(2)25/h9-14H,5-8H2,1-4H3. The van der Waals surface area contributed by atoms with Crippen LogP contribution in [0, 0.1) is 0 Å². The summed E-state index contributed by atoms with van der Waals surface area (Å²) < 4.78 is 15.8. The number of ether oxygens (including phenoxy) is 2. The van der Waals surface area contributed by atoms with Crippen LogP contribution in [0.5, 0.6) is 11.5 Å². The smallest absolute Gasteiger partial charge is 0.147 e. The highest BCUT2D eigenvalue weighted by atomic mass is 79.9. The molecule has 0 aliphatic rings. The zero-order valence-corrected chi connectivity index (χ0v) is 27.4. The lowest BCUT2D eigenvalue weighted by molar-refractivity contribution is 0.307. The molecule has 172 valence electrons. The Morgan fingerprint density at radius 3 is 1.23 bits per heavy atom. The number of benzene rings is 2. The summed E-state index contributed by atoms with van der Waals surface area (Å²) in [6.45, 7) is 9.98. The highest BCUT2D eigenvalue weighted by molar-refractivity contribution is 9.11. The van der Waals surface area contributed by atoms with Crippen LogP contribution in [0.3, 0.4) is 0 Å². The molecule has 0 spiro atoms. The molecule has 0 fully saturated rings. The molecule has 0 N–H and O–H groups in total. The first kappa shape index (κ1) is 28.2. The minimum absolute atomic E-state index is 0.234. The zero-order valence-electron chi connectivity index (χ0n) is 17.9. The number of hydrogen-bond donors (Lipinski definition) is 0. The van der Waals surface area contributed by atoms with Gasteiger partial charge in [0.05, 0.1) is 31.1 Å². The summed E-state index contributed by atoms with van der Waals surface area (Å²) in [6, 6.07) is 8.56. The van der Waals surface area contributed by atoms with Crippen molar-refractivity contribution >= 4 is 95.6 Å². The van der Waals surface area contributed by atoms with Crippen molar-refractivity contribution < 1.29 is 9.47 Å². The lowest BCUT2D eigenvalue weighted by atomic mass is 9.78. The highest BCUT2D eigenvalue weighted by Gasteiger charge is 2.27. The number of halogens is 6. The van der Waals surface area contributed by atoms with Gasteiger partial charge in [0.2, 0.25) is 0 Å². The SMILES string of the molecule is CC(Br)CCOc1c(Br)cc(C(C)(C)c2cc(Br)c(OCCC(C)Br)c(Br)c2)cc1Br. The zero-order chi connectivity index (χ0) is 23.3. The van der Waals surface area contributed by atoms with E-state index in [-0.39, 0.29) is 5.41 Å². The van der Waals surface area contributed by atoms with Crippen LogP contribution in [0.1, 0.15) is 51.7 Å². The minimum Gasteiger partial charge on any atom is -0.491 e. The molecular formula is C23H26Br6O2. The Bertz CT molecular complexity index is 778. The molecule has 0 saturated heterocycles. The predicted molar refractivity (Wildman–Crippen MR) is 153 cm³/mol. The molecule has 2 unspecified atom stereocenters. The van der Waals surface area contributed by atoms with E-state index in [9.17, 15) is 0 Å². The van der Waals surface area contributed by atoms with E-state index in [4.69, 9.17) is 9.47 Å². The number of hydrogen-bond acceptors (Lipinski definition) is 2. The van der Waals surface area contributed by atoms with Crippen LogP contribution in [-0.4, -0.2) is 22.9 Å². The van der Waals surface area contributed by atoms with Crippen LogP contribution in [0.2, 0.25) is 0 Å². The van der Waals surface area contributed by atoms with E-state index in [1.807, 2.05) is 0 Å². The van der Waals surface area contributed by atoms with E-state index in [0.29, 0.717) is 22.9 Å². The second kappa shape index (κ2) is 12.6. The van der Waals surface area contributed by atoms with Gasteiger partial charge in [0, 0.05) is 15.1 Å². The van der Waals surface area contributed by atoms with Gasteiger partial charge in [-0.25, -0.2) is 0 Å². The lowest BCUT2D eigenvalue weighted by Crippen LogP contribution is -2.19. The van der Waals surface area contributed by atoms with Gasteiger partial charge in [-0.1, -0.05) is 59.6 Å². The second-order valence-corrected chi connectivity index (χ2v) is 14.5. The van der Waals surface area contributed by atoms with Gasteiger partial charge in [-0.2, -0.15) is 0 Å². The Balaban J connectivity index is 2.30. The fraction of sp³-hybridized carbons (Fsp3) is 0.478. The molecule has 0 radical (unpaired) electrons. The van der Waals surface area contributed by atoms with Crippen molar-refractivity contribution in [2.45, 2.75) is 55.6 Å². The minimum atomic E-state index is -0.234. The van der Waals surface area contributed by atoms with Gasteiger partial charge in [-0.3, -0.25) is 0 Å². The van der Waals surface area contributed by atoms with Crippen molar-refractivity contribution in [2.75, 3.05) is 13.2 Å². The summed E-state index contributed by atoms with van der Waals surface area (Å²) in [6.07, 6.45) is 1.88. The largest absolute Gasteiger partial charge is 0.491 e. The Labute approximate surface area is 236 Å². The van der Waals surface area contributed by atoms with Crippen LogP contribution in [0.15, 0.2) is 42.2 Å². The molecule has 2 aromatic rings. The van der Waals surface area contributed by atoms with Crippen LogP contribution in [0.4, 0.5) is 0 Å². The van der Waals surface area contributed by atoms with Gasteiger partial charge in [-0.15, -0.1) is 0 Å². The normalized spacial score (nSPS) is 13.7. The fourth-order valence-electron chi connectivity index (χ4n) is 2.93. The molecule has 0 aromatic heterocycles. The Kier molecular flexibility index (Phi) is 11.4. The molecule has 2 rings (SSSR count). The first-order valence-electron chi connectivity index (χ1n) is 9.96. The summed E-state index contributed by atoms with van der Waals surface area (Å²) >= 11 is 21.9.